The Labute approximate surface area is 170 Å². The van der Waals surface area contributed by atoms with Gasteiger partial charge in [0, 0.05) is 19.3 Å². The van der Waals surface area contributed by atoms with Crippen LogP contribution in [-0.2, 0) is 16.4 Å². The number of hydrogen-bond acceptors (Lipinski definition) is 3. The van der Waals surface area contributed by atoms with E-state index in [9.17, 15) is 8.42 Å². The first kappa shape index (κ1) is 21.9. The highest BCUT2D eigenvalue weighted by atomic mass is 35.5. The Kier molecular flexibility index (Phi) is 7.90. The summed E-state index contributed by atoms with van der Waals surface area (Å²) in [4.78, 5) is 2.54. The first-order valence-electron chi connectivity index (χ1n) is 9.44. The van der Waals surface area contributed by atoms with Gasteiger partial charge in [-0.25, -0.2) is 8.42 Å². The Bertz CT molecular complexity index is 806. The van der Waals surface area contributed by atoms with Gasteiger partial charge in [0.2, 0.25) is 0 Å². The molecule has 1 aliphatic heterocycles. The zero-order chi connectivity index (χ0) is 18.6. The Morgan fingerprint density at radius 3 is 2.37 bits per heavy atom. The number of piperidine rings is 1. The summed E-state index contributed by atoms with van der Waals surface area (Å²) in [6.45, 7) is 5.20. The number of sulfone groups is 1. The van der Waals surface area contributed by atoms with Crippen molar-refractivity contribution in [2.75, 3.05) is 25.1 Å². The summed E-state index contributed by atoms with van der Waals surface area (Å²) in [5.74, 6) is 0.868. The minimum absolute atomic E-state index is 0. The van der Waals surface area contributed by atoms with Crippen LogP contribution < -0.4 is 0 Å². The molecule has 0 unspecified atom stereocenters. The molecule has 0 aliphatic carbocycles. The summed E-state index contributed by atoms with van der Waals surface area (Å²) in [6.07, 6.45) is 3.81. The van der Waals surface area contributed by atoms with E-state index in [1.165, 1.54) is 30.2 Å². The summed E-state index contributed by atoms with van der Waals surface area (Å²) in [5, 5.41) is 0. The maximum absolute atomic E-state index is 11.5. The fraction of sp³-hybridized carbons (Fsp3) is 0.455. The second-order valence-corrected chi connectivity index (χ2v) is 9.90. The van der Waals surface area contributed by atoms with E-state index in [1.54, 1.807) is 0 Å². The van der Waals surface area contributed by atoms with Crippen molar-refractivity contribution in [3.63, 3.8) is 0 Å². The van der Waals surface area contributed by atoms with Gasteiger partial charge in [0.25, 0.3) is 0 Å². The van der Waals surface area contributed by atoms with E-state index < -0.39 is 9.84 Å². The van der Waals surface area contributed by atoms with Gasteiger partial charge in [-0.2, -0.15) is 0 Å². The molecule has 2 aromatic rings. The molecular weight excluding hydrogens is 378 g/mol. The molecule has 0 amide bonds. The van der Waals surface area contributed by atoms with Gasteiger partial charge in [0.05, 0.1) is 5.75 Å². The van der Waals surface area contributed by atoms with Crippen molar-refractivity contribution < 1.29 is 8.42 Å². The second-order valence-electron chi connectivity index (χ2n) is 7.72. The maximum Gasteiger partial charge on any atom is 0.148 e. The fourth-order valence-corrected chi connectivity index (χ4v) is 5.06. The van der Waals surface area contributed by atoms with Crippen LogP contribution in [0.1, 0.15) is 48.3 Å². The van der Waals surface area contributed by atoms with E-state index in [0.717, 1.165) is 25.2 Å². The highest BCUT2D eigenvalue weighted by Crippen LogP contribution is 2.27. The number of nitrogens with zero attached hydrogens (tertiary/aromatic N) is 1. The van der Waals surface area contributed by atoms with Crippen LogP contribution in [0.15, 0.2) is 54.6 Å². The lowest BCUT2D eigenvalue weighted by Gasteiger charge is -2.33. The highest BCUT2D eigenvalue weighted by molar-refractivity contribution is 7.90. The fourth-order valence-electron chi connectivity index (χ4n) is 3.96. The van der Waals surface area contributed by atoms with Crippen molar-refractivity contribution in [1.29, 1.82) is 0 Å². The summed E-state index contributed by atoms with van der Waals surface area (Å²) < 4.78 is 23.0. The zero-order valence-electron chi connectivity index (χ0n) is 16.2. The van der Waals surface area contributed by atoms with Crippen molar-refractivity contribution in [1.82, 2.24) is 4.90 Å². The average molecular weight is 408 g/mol. The molecule has 0 spiro atoms. The Balaban J connectivity index is 0.00000261. The summed E-state index contributed by atoms with van der Waals surface area (Å²) in [6, 6.07) is 19.3. The summed E-state index contributed by atoms with van der Waals surface area (Å²) in [7, 11) is -2.95. The van der Waals surface area contributed by atoms with Gasteiger partial charge >= 0.3 is 0 Å². The monoisotopic (exact) mass is 407 g/mol. The van der Waals surface area contributed by atoms with Crippen molar-refractivity contribution >= 4 is 22.2 Å². The molecule has 0 saturated carbocycles. The van der Waals surface area contributed by atoms with Crippen LogP contribution in [0, 0.1) is 0 Å². The predicted octanol–water partition coefficient (Wildman–Crippen LogP) is 4.64. The molecule has 3 rings (SSSR count). The van der Waals surface area contributed by atoms with E-state index in [1.807, 2.05) is 6.92 Å². The lowest BCUT2D eigenvalue weighted by atomic mass is 9.90. The van der Waals surface area contributed by atoms with Gasteiger partial charge in [0.15, 0.2) is 0 Å². The van der Waals surface area contributed by atoms with Crippen LogP contribution >= 0.6 is 12.4 Å². The van der Waals surface area contributed by atoms with Crippen molar-refractivity contribution in [3.8, 4) is 0 Å². The predicted molar refractivity (Wildman–Crippen MR) is 116 cm³/mol. The third-order valence-corrected chi connectivity index (χ3v) is 6.39. The average Bonchev–Trinajstić information content (AvgIpc) is 2.62. The Hall–Kier alpha value is -1.36. The van der Waals surface area contributed by atoms with Crippen LogP contribution in [0.5, 0.6) is 0 Å². The van der Waals surface area contributed by atoms with Crippen LogP contribution in [0.25, 0.3) is 0 Å². The third-order valence-electron chi connectivity index (χ3n) is 5.28. The van der Waals surface area contributed by atoms with E-state index >= 15 is 0 Å². The van der Waals surface area contributed by atoms with Crippen molar-refractivity contribution in [3.05, 3.63) is 71.3 Å². The Morgan fingerprint density at radius 1 is 1.07 bits per heavy atom. The molecule has 27 heavy (non-hydrogen) atoms. The van der Waals surface area contributed by atoms with Gasteiger partial charge in [-0.15, -0.1) is 12.4 Å². The zero-order valence-corrected chi connectivity index (χ0v) is 17.8. The molecule has 0 N–H and O–H groups in total. The maximum atomic E-state index is 11.5. The van der Waals surface area contributed by atoms with Crippen molar-refractivity contribution in [2.45, 2.75) is 38.1 Å². The minimum Gasteiger partial charge on any atom is -0.298 e. The number of rotatable bonds is 6. The molecule has 0 radical (unpaired) electrons. The molecule has 0 aromatic heterocycles. The molecule has 1 fully saturated rings. The standard InChI is InChI=1S/C22H29NO2S.ClH/c1-18(17-26(2,24)25)20-12-10-19(11-13-20)15-23-14-6-9-22(16-23)21-7-4-3-5-8-21;/h3-5,7-8,10-13,18,22H,6,9,14-17H2,1-2H3;1H/t18-,22+;/m0./s1. The molecule has 5 heteroatoms. The first-order valence-corrected chi connectivity index (χ1v) is 11.5. The first-order chi connectivity index (χ1) is 12.4. The lowest BCUT2D eigenvalue weighted by molar-refractivity contribution is 0.200. The van der Waals surface area contributed by atoms with E-state index in [2.05, 4.69) is 59.5 Å². The van der Waals surface area contributed by atoms with Crippen LogP contribution in [0.3, 0.4) is 0 Å². The van der Waals surface area contributed by atoms with Gasteiger partial charge in [-0.1, -0.05) is 61.5 Å². The van der Waals surface area contributed by atoms with Gasteiger partial charge in [-0.3, -0.25) is 4.90 Å². The van der Waals surface area contributed by atoms with Crippen molar-refractivity contribution in [2.24, 2.45) is 0 Å². The summed E-state index contributed by atoms with van der Waals surface area (Å²) >= 11 is 0. The molecule has 3 nitrogen and oxygen atoms in total. The number of benzene rings is 2. The largest absolute Gasteiger partial charge is 0.298 e. The molecule has 2 atom stereocenters. The number of likely N-dealkylation sites (tertiary alicyclic amines) is 1. The molecule has 148 valence electrons. The van der Waals surface area contributed by atoms with Gasteiger partial charge in [0.1, 0.15) is 9.84 Å². The third kappa shape index (κ3) is 6.63. The second kappa shape index (κ2) is 9.72. The quantitative estimate of drug-likeness (QED) is 0.700. The SMILES string of the molecule is C[C@@H](CS(C)(=O)=O)c1ccc(CN2CCC[C@@H](c3ccccc3)C2)cc1.Cl. The van der Waals surface area contributed by atoms with Gasteiger partial charge < -0.3 is 0 Å². The molecule has 2 aromatic carbocycles. The van der Waals surface area contributed by atoms with E-state index in [0.29, 0.717) is 5.92 Å². The Morgan fingerprint density at radius 2 is 1.74 bits per heavy atom. The number of halogens is 1. The molecular formula is C22H30ClNO2S. The smallest absolute Gasteiger partial charge is 0.148 e. The minimum atomic E-state index is -2.95. The van der Waals surface area contributed by atoms with Crippen LogP contribution in [0.4, 0.5) is 0 Å². The van der Waals surface area contributed by atoms with E-state index in [-0.39, 0.29) is 24.1 Å². The normalized spacial score (nSPS) is 19.3. The van der Waals surface area contributed by atoms with E-state index in [4.69, 9.17) is 0 Å². The number of hydrogen-bond donors (Lipinski definition) is 0. The molecule has 1 aliphatic rings. The highest BCUT2D eigenvalue weighted by Gasteiger charge is 2.21. The summed E-state index contributed by atoms with van der Waals surface area (Å²) in [5.41, 5.74) is 3.84. The molecule has 1 heterocycles. The van der Waals surface area contributed by atoms with Crippen LogP contribution in [0.2, 0.25) is 0 Å². The topological polar surface area (TPSA) is 37.4 Å². The molecule has 0 bridgehead atoms. The van der Waals surface area contributed by atoms with Crippen LogP contribution in [-0.4, -0.2) is 38.4 Å². The molecule has 1 saturated heterocycles. The van der Waals surface area contributed by atoms with Gasteiger partial charge in [-0.05, 0) is 47.9 Å². The lowest BCUT2D eigenvalue weighted by Crippen LogP contribution is -2.33.